The number of aromatic nitrogens is 4. The van der Waals surface area contributed by atoms with Gasteiger partial charge < -0.3 is 10.4 Å². The number of hydrogen-bond donors (Lipinski definition) is 2. The van der Waals surface area contributed by atoms with Gasteiger partial charge in [0.05, 0.1) is 17.9 Å². The van der Waals surface area contributed by atoms with Crippen molar-refractivity contribution in [3.05, 3.63) is 95.8 Å². The Hall–Kier alpha value is -4.44. The van der Waals surface area contributed by atoms with E-state index in [0.717, 1.165) is 17.7 Å². The Morgan fingerprint density at radius 2 is 1.81 bits per heavy atom. The van der Waals surface area contributed by atoms with Crippen molar-refractivity contribution in [2.24, 2.45) is 7.05 Å². The number of carbonyl (C=O) groups is 1. The van der Waals surface area contributed by atoms with E-state index in [1.807, 2.05) is 30.3 Å². The summed E-state index contributed by atoms with van der Waals surface area (Å²) in [5, 5.41) is 16.7. The molecule has 1 amide bonds. The molecule has 2 aromatic carbocycles. The van der Waals surface area contributed by atoms with Gasteiger partial charge in [0.25, 0.3) is 5.91 Å². The summed E-state index contributed by atoms with van der Waals surface area (Å²) in [5.74, 6) is -0.287. The smallest absolute Gasteiger partial charge is 0.392 e. The second-order valence-electron chi connectivity index (χ2n) is 8.15. The number of benzene rings is 2. The number of carbonyl (C=O) groups excluding carboxylic acids is 1. The number of anilines is 1. The Bertz CT molecular complexity index is 1570. The number of aliphatic hydroxyl groups excluding tert-OH is 1. The minimum absolute atomic E-state index is 0.0240. The predicted octanol–water partition coefficient (Wildman–Crippen LogP) is 5.17. The lowest BCUT2D eigenvalue weighted by Gasteiger charge is -2.14. The van der Waals surface area contributed by atoms with Crippen molar-refractivity contribution in [1.29, 1.82) is 0 Å². The number of aryl methyl sites for hydroxylation is 1. The number of alkyl halides is 3. The van der Waals surface area contributed by atoms with Crippen LogP contribution in [0, 0.1) is 0 Å². The third-order valence-corrected chi connectivity index (χ3v) is 5.76. The van der Waals surface area contributed by atoms with Crippen LogP contribution in [0.25, 0.3) is 28.2 Å². The highest BCUT2D eigenvalue weighted by Gasteiger charge is 2.34. The van der Waals surface area contributed by atoms with Crippen LogP contribution < -0.4 is 5.32 Å². The molecule has 0 saturated carbocycles. The molecule has 0 saturated heterocycles. The molecule has 0 aliphatic carbocycles. The first-order chi connectivity index (χ1) is 17.3. The summed E-state index contributed by atoms with van der Waals surface area (Å²) in [6.45, 7) is -0.255. The molecule has 0 aliphatic rings. The fraction of sp³-hybridized carbons (Fsp3) is 0.115. The Labute approximate surface area is 203 Å². The van der Waals surface area contributed by atoms with Crippen LogP contribution in [0.2, 0.25) is 0 Å². The van der Waals surface area contributed by atoms with E-state index in [1.165, 1.54) is 23.0 Å². The van der Waals surface area contributed by atoms with E-state index in [9.17, 15) is 23.1 Å². The average Bonchev–Trinajstić information content (AvgIpc) is 3.47. The van der Waals surface area contributed by atoms with Crippen LogP contribution in [-0.2, 0) is 19.8 Å². The van der Waals surface area contributed by atoms with Gasteiger partial charge in [-0.05, 0) is 30.3 Å². The lowest BCUT2D eigenvalue weighted by Crippen LogP contribution is -2.16. The van der Waals surface area contributed by atoms with Crippen LogP contribution in [0.3, 0.4) is 0 Å². The van der Waals surface area contributed by atoms with Gasteiger partial charge in [-0.15, -0.1) is 0 Å². The maximum atomic E-state index is 13.7. The molecule has 3 aromatic heterocycles. The highest BCUT2D eigenvalue weighted by Crippen LogP contribution is 2.37. The zero-order valence-corrected chi connectivity index (χ0v) is 19.0. The number of hydrogen-bond acceptors (Lipinski definition) is 4. The number of nitrogens with zero attached hydrogens (tertiary/aromatic N) is 4. The van der Waals surface area contributed by atoms with E-state index < -0.39 is 17.6 Å². The van der Waals surface area contributed by atoms with E-state index in [1.54, 1.807) is 29.8 Å². The van der Waals surface area contributed by atoms with Gasteiger partial charge in [0.1, 0.15) is 17.2 Å². The van der Waals surface area contributed by atoms with Gasteiger partial charge in [-0.1, -0.05) is 36.4 Å². The van der Waals surface area contributed by atoms with Crippen LogP contribution in [-0.4, -0.2) is 30.2 Å². The van der Waals surface area contributed by atoms with E-state index in [0.29, 0.717) is 22.7 Å². The Balaban J connectivity index is 1.61. The molecule has 3 heterocycles. The number of halogens is 3. The molecule has 5 aromatic rings. The number of rotatable bonds is 5. The molecule has 182 valence electrons. The predicted molar refractivity (Wildman–Crippen MR) is 128 cm³/mol. The van der Waals surface area contributed by atoms with Gasteiger partial charge in [0.15, 0.2) is 0 Å². The van der Waals surface area contributed by atoms with E-state index >= 15 is 0 Å². The van der Waals surface area contributed by atoms with E-state index in [-0.39, 0.29) is 23.4 Å². The van der Waals surface area contributed by atoms with Crippen molar-refractivity contribution < 1.29 is 23.1 Å². The standard InChI is InChI=1S/C26H20F3N5O2/c1-33-13-11-21(32-33)19-14-17(9-10-20(19)26(27,28)29)25(36)31-24-22(16-6-3-2-4-7-16)30-23-18(15-35)8-5-12-34(23)24/h2-14,35H,15H2,1H3,(H,31,36). The summed E-state index contributed by atoms with van der Waals surface area (Å²) in [5.41, 5.74) is 1.24. The minimum Gasteiger partial charge on any atom is -0.392 e. The highest BCUT2D eigenvalue weighted by molar-refractivity contribution is 6.06. The second kappa shape index (κ2) is 8.97. The van der Waals surface area contributed by atoms with Crippen molar-refractivity contribution in [2.45, 2.75) is 12.8 Å². The number of imidazole rings is 1. The largest absolute Gasteiger partial charge is 0.417 e. The Morgan fingerprint density at radius 1 is 1.03 bits per heavy atom. The normalized spacial score (nSPS) is 11.7. The quantitative estimate of drug-likeness (QED) is 0.356. The number of pyridine rings is 1. The molecule has 0 unspecified atom stereocenters. The summed E-state index contributed by atoms with van der Waals surface area (Å²) in [6, 6.07) is 17.2. The van der Waals surface area contributed by atoms with Crippen LogP contribution in [0.5, 0.6) is 0 Å². The van der Waals surface area contributed by atoms with Crippen molar-refractivity contribution in [2.75, 3.05) is 5.32 Å². The molecule has 10 heteroatoms. The maximum Gasteiger partial charge on any atom is 0.417 e. The van der Waals surface area contributed by atoms with Crippen LogP contribution in [0.15, 0.2) is 79.1 Å². The van der Waals surface area contributed by atoms with Gasteiger partial charge >= 0.3 is 6.18 Å². The maximum absolute atomic E-state index is 13.7. The van der Waals surface area contributed by atoms with E-state index in [2.05, 4.69) is 15.4 Å². The van der Waals surface area contributed by atoms with Crippen molar-refractivity contribution in [3.63, 3.8) is 0 Å². The molecule has 0 spiro atoms. The number of aliphatic hydroxyl groups is 1. The van der Waals surface area contributed by atoms with Crippen molar-refractivity contribution in [1.82, 2.24) is 19.2 Å². The highest BCUT2D eigenvalue weighted by atomic mass is 19.4. The number of nitrogens with one attached hydrogen (secondary N) is 1. The van der Waals surface area contributed by atoms with Gasteiger partial charge in [-0.3, -0.25) is 13.9 Å². The summed E-state index contributed by atoms with van der Waals surface area (Å²) in [6.07, 6.45) is -1.40. The molecule has 0 radical (unpaired) electrons. The van der Waals surface area contributed by atoms with Crippen molar-refractivity contribution in [3.8, 4) is 22.5 Å². The summed E-state index contributed by atoms with van der Waals surface area (Å²) < 4.78 is 44.1. The molecule has 7 nitrogen and oxygen atoms in total. The molecule has 36 heavy (non-hydrogen) atoms. The second-order valence-corrected chi connectivity index (χ2v) is 8.15. The zero-order chi connectivity index (χ0) is 25.4. The molecule has 2 N–H and O–H groups in total. The fourth-order valence-corrected chi connectivity index (χ4v) is 4.05. The summed E-state index contributed by atoms with van der Waals surface area (Å²) in [7, 11) is 1.60. The first-order valence-electron chi connectivity index (χ1n) is 10.9. The lowest BCUT2D eigenvalue weighted by atomic mass is 10.0. The van der Waals surface area contributed by atoms with Crippen LogP contribution >= 0.6 is 0 Å². The van der Waals surface area contributed by atoms with Gasteiger partial charge in [0.2, 0.25) is 0 Å². The van der Waals surface area contributed by atoms with Crippen molar-refractivity contribution >= 4 is 17.4 Å². The topological polar surface area (TPSA) is 84.5 Å². The summed E-state index contributed by atoms with van der Waals surface area (Å²) in [4.78, 5) is 18.0. The fourth-order valence-electron chi connectivity index (χ4n) is 4.05. The number of fused-ring (bicyclic) bond motifs is 1. The van der Waals surface area contributed by atoms with Crippen LogP contribution in [0.1, 0.15) is 21.5 Å². The molecule has 5 rings (SSSR count). The first-order valence-corrected chi connectivity index (χ1v) is 10.9. The Kier molecular flexibility index (Phi) is 5.81. The molecular weight excluding hydrogens is 471 g/mol. The molecule has 0 aliphatic heterocycles. The zero-order valence-electron chi connectivity index (χ0n) is 19.0. The van der Waals surface area contributed by atoms with Gasteiger partial charge in [-0.25, -0.2) is 4.98 Å². The number of amides is 1. The van der Waals surface area contributed by atoms with Crippen LogP contribution in [0.4, 0.5) is 19.0 Å². The average molecular weight is 491 g/mol. The summed E-state index contributed by atoms with van der Waals surface area (Å²) >= 11 is 0. The monoisotopic (exact) mass is 491 g/mol. The molecule has 0 atom stereocenters. The SMILES string of the molecule is Cn1ccc(-c2cc(C(=O)Nc3c(-c4ccccc4)nc4c(CO)cccn34)ccc2C(F)(F)F)n1. The first kappa shape index (κ1) is 23.3. The molecule has 0 fully saturated rings. The molecule has 0 bridgehead atoms. The van der Waals surface area contributed by atoms with Gasteiger partial charge in [-0.2, -0.15) is 18.3 Å². The van der Waals surface area contributed by atoms with Gasteiger partial charge in [0, 0.05) is 41.7 Å². The Morgan fingerprint density at radius 3 is 2.47 bits per heavy atom. The third-order valence-electron chi connectivity index (χ3n) is 5.76. The third kappa shape index (κ3) is 4.22. The van der Waals surface area contributed by atoms with E-state index in [4.69, 9.17) is 0 Å². The molecular formula is C26H20F3N5O2. The lowest BCUT2D eigenvalue weighted by molar-refractivity contribution is -0.137. The minimum atomic E-state index is -4.62.